The van der Waals surface area contributed by atoms with Gasteiger partial charge in [0, 0.05) is 18.7 Å². The molecule has 2 aromatic rings. The Kier molecular flexibility index (Phi) is 4.71. The Balaban J connectivity index is 1.60. The molecule has 27 heavy (non-hydrogen) atoms. The number of ether oxygens (including phenoxy) is 4. The lowest BCUT2D eigenvalue weighted by atomic mass is 10.1. The Morgan fingerprint density at radius 2 is 1.81 bits per heavy atom. The molecule has 0 amide bonds. The van der Waals surface area contributed by atoms with Crippen molar-refractivity contribution in [3.05, 3.63) is 48.0 Å². The minimum Gasteiger partial charge on any atom is -0.497 e. The summed E-state index contributed by atoms with van der Waals surface area (Å²) in [6.45, 7) is 2.51. The second-order valence-electron chi connectivity index (χ2n) is 6.53. The van der Waals surface area contributed by atoms with E-state index in [0.29, 0.717) is 18.1 Å². The first-order valence-electron chi connectivity index (χ1n) is 8.66. The molecule has 0 radical (unpaired) electrons. The highest BCUT2D eigenvalue weighted by molar-refractivity contribution is 7.89. The van der Waals surface area contributed by atoms with E-state index < -0.39 is 10.0 Å². The van der Waals surface area contributed by atoms with E-state index in [1.54, 1.807) is 19.2 Å². The Labute approximate surface area is 158 Å². The third-order valence-corrected chi connectivity index (χ3v) is 6.79. The summed E-state index contributed by atoms with van der Waals surface area (Å²) >= 11 is 0. The van der Waals surface area contributed by atoms with E-state index in [0.717, 1.165) is 11.3 Å². The van der Waals surface area contributed by atoms with Crippen LogP contribution in [0.4, 0.5) is 0 Å². The molecule has 4 rings (SSSR count). The van der Waals surface area contributed by atoms with Crippen LogP contribution in [0, 0.1) is 0 Å². The summed E-state index contributed by atoms with van der Waals surface area (Å²) in [4.78, 5) is 0.189. The van der Waals surface area contributed by atoms with Crippen LogP contribution in [0.15, 0.2) is 47.4 Å². The normalized spacial score (nSPS) is 22.6. The number of hydrogen-bond donors (Lipinski definition) is 0. The number of fused-ring (bicyclic) bond motifs is 1. The maximum Gasteiger partial charge on any atom is 0.243 e. The van der Waals surface area contributed by atoms with Gasteiger partial charge in [0.25, 0.3) is 0 Å². The largest absolute Gasteiger partial charge is 0.497 e. The highest BCUT2D eigenvalue weighted by Gasteiger charge is 2.36. The SMILES string of the molecule is COc1ccc(C2CN(S(=O)(=O)c3ccc4c(c3)OCO4)C(C)CO2)cc1. The zero-order valence-electron chi connectivity index (χ0n) is 15.1. The van der Waals surface area contributed by atoms with Crippen molar-refractivity contribution in [1.29, 1.82) is 0 Å². The Bertz CT molecular complexity index is 928. The molecule has 1 fully saturated rings. The van der Waals surface area contributed by atoms with Crippen molar-refractivity contribution in [3.8, 4) is 17.2 Å². The minimum atomic E-state index is -3.69. The molecule has 0 saturated carbocycles. The smallest absolute Gasteiger partial charge is 0.243 e. The summed E-state index contributed by atoms with van der Waals surface area (Å²) in [5.41, 5.74) is 0.911. The van der Waals surface area contributed by atoms with Gasteiger partial charge in [0.05, 0.1) is 24.7 Å². The van der Waals surface area contributed by atoms with Crippen LogP contribution >= 0.6 is 0 Å². The maximum atomic E-state index is 13.2. The molecule has 7 nitrogen and oxygen atoms in total. The molecule has 0 aliphatic carbocycles. The maximum absolute atomic E-state index is 13.2. The molecule has 8 heteroatoms. The molecular formula is C19H21NO6S. The molecule has 0 bridgehead atoms. The highest BCUT2D eigenvalue weighted by atomic mass is 32.2. The molecule has 2 atom stereocenters. The lowest BCUT2D eigenvalue weighted by Gasteiger charge is -2.37. The summed E-state index contributed by atoms with van der Waals surface area (Å²) in [7, 11) is -2.09. The van der Waals surface area contributed by atoms with Gasteiger partial charge in [0.15, 0.2) is 11.5 Å². The molecule has 2 aliphatic heterocycles. The van der Waals surface area contributed by atoms with Gasteiger partial charge in [0.1, 0.15) is 5.75 Å². The second kappa shape index (κ2) is 7.03. The van der Waals surface area contributed by atoms with Crippen molar-refractivity contribution in [1.82, 2.24) is 4.31 Å². The van der Waals surface area contributed by atoms with E-state index in [4.69, 9.17) is 18.9 Å². The lowest BCUT2D eigenvalue weighted by Crippen LogP contribution is -2.48. The molecule has 0 N–H and O–H groups in total. The van der Waals surface area contributed by atoms with Crippen LogP contribution in [0.25, 0.3) is 0 Å². The zero-order chi connectivity index (χ0) is 19.0. The van der Waals surface area contributed by atoms with Crippen LogP contribution in [-0.4, -0.2) is 45.8 Å². The zero-order valence-corrected chi connectivity index (χ0v) is 15.9. The molecular weight excluding hydrogens is 370 g/mol. The topological polar surface area (TPSA) is 74.3 Å². The molecule has 0 spiro atoms. The number of nitrogens with zero attached hydrogens (tertiary/aromatic N) is 1. The summed E-state index contributed by atoms with van der Waals surface area (Å²) in [6, 6.07) is 11.9. The first kappa shape index (κ1) is 18.1. The predicted molar refractivity (Wildman–Crippen MR) is 97.6 cm³/mol. The number of sulfonamides is 1. The number of rotatable bonds is 4. The first-order chi connectivity index (χ1) is 13.0. The van der Waals surface area contributed by atoms with E-state index in [1.165, 1.54) is 10.4 Å². The van der Waals surface area contributed by atoms with Crippen LogP contribution in [0.2, 0.25) is 0 Å². The number of benzene rings is 2. The summed E-state index contributed by atoms with van der Waals surface area (Å²) < 4.78 is 49.6. The third-order valence-electron chi connectivity index (χ3n) is 4.81. The van der Waals surface area contributed by atoms with Gasteiger partial charge in [-0.3, -0.25) is 0 Å². The standard InChI is InChI=1S/C19H21NO6S/c1-13-11-24-19(14-3-5-15(23-2)6-4-14)10-20(13)27(21,22)16-7-8-17-18(9-16)26-12-25-17/h3-9,13,19H,10-12H2,1-2H3. The Morgan fingerprint density at radius 3 is 2.56 bits per heavy atom. The van der Waals surface area contributed by atoms with Crippen molar-refractivity contribution in [2.24, 2.45) is 0 Å². The molecule has 144 valence electrons. The van der Waals surface area contributed by atoms with Gasteiger partial charge < -0.3 is 18.9 Å². The van der Waals surface area contributed by atoms with Crippen molar-refractivity contribution in [3.63, 3.8) is 0 Å². The van der Waals surface area contributed by atoms with Gasteiger partial charge in [-0.05, 0) is 36.8 Å². The van der Waals surface area contributed by atoms with E-state index in [-0.39, 0.29) is 30.4 Å². The third kappa shape index (κ3) is 3.36. The van der Waals surface area contributed by atoms with Crippen molar-refractivity contribution in [2.45, 2.75) is 24.0 Å². The van der Waals surface area contributed by atoms with E-state index in [9.17, 15) is 8.42 Å². The Hall–Kier alpha value is -2.29. The summed E-state index contributed by atoms with van der Waals surface area (Å²) in [6.07, 6.45) is -0.337. The summed E-state index contributed by atoms with van der Waals surface area (Å²) in [5.74, 6) is 1.75. The number of hydrogen-bond acceptors (Lipinski definition) is 6. The van der Waals surface area contributed by atoms with Crippen LogP contribution in [0.3, 0.4) is 0 Å². The van der Waals surface area contributed by atoms with Gasteiger partial charge in [-0.1, -0.05) is 12.1 Å². The quantitative estimate of drug-likeness (QED) is 0.798. The van der Waals surface area contributed by atoms with E-state index in [2.05, 4.69) is 0 Å². The van der Waals surface area contributed by atoms with Gasteiger partial charge in [-0.15, -0.1) is 0 Å². The predicted octanol–water partition coefficient (Wildman–Crippen LogP) is 2.57. The first-order valence-corrected chi connectivity index (χ1v) is 10.1. The van der Waals surface area contributed by atoms with E-state index >= 15 is 0 Å². The average molecular weight is 391 g/mol. The minimum absolute atomic E-state index is 0.104. The van der Waals surface area contributed by atoms with Crippen LogP contribution in [0.5, 0.6) is 17.2 Å². The number of morpholine rings is 1. The Morgan fingerprint density at radius 1 is 1.07 bits per heavy atom. The molecule has 2 aromatic carbocycles. The molecule has 0 aromatic heterocycles. The second-order valence-corrected chi connectivity index (χ2v) is 8.42. The summed E-state index contributed by atoms with van der Waals surface area (Å²) in [5, 5.41) is 0. The average Bonchev–Trinajstić information content (AvgIpc) is 3.16. The fourth-order valence-electron chi connectivity index (χ4n) is 3.26. The lowest BCUT2D eigenvalue weighted by molar-refractivity contribution is -0.0288. The molecule has 2 aliphatic rings. The van der Waals surface area contributed by atoms with Crippen LogP contribution in [-0.2, 0) is 14.8 Å². The van der Waals surface area contributed by atoms with Crippen LogP contribution < -0.4 is 14.2 Å². The van der Waals surface area contributed by atoms with Gasteiger partial charge in [-0.2, -0.15) is 4.31 Å². The van der Waals surface area contributed by atoms with Crippen molar-refractivity contribution < 1.29 is 27.4 Å². The molecule has 1 saturated heterocycles. The van der Waals surface area contributed by atoms with Gasteiger partial charge in [-0.25, -0.2) is 8.42 Å². The molecule has 2 heterocycles. The van der Waals surface area contributed by atoms with E-state index in [1.807, 2.05) is 31.2 Å². The highest BCUT2D eigenvalue weighted by Crippen LogP contribution is 2.36. The van der Waals surface area contributed by atoms with Crippen molar-refractivity contribution in [2.75, 3.05) is 27.1 Å². The fraction of sp³-hybridized carbons (Fsp3) is 0.368. The molecule has 2 unspecified atom stereocenters. The fourth-order valence-corrected chi connectivity index (χ4v) is 4.90. The monoisotopic (exact) mass is 391 g/mol. The van der Waals surface area contributed by atoms with Gasteiger partial charge in [0.2, 0.25) is 16.8 Å². The van der Waals surface area contributed by atoms with Crippen LogP contribution in [0.1, 0.15) is 18.6 Å². The van der Waals surface area contributed by atoms with Crippen molar-refractivity contribution >= 4 is 10.0 Å². The van der Waals surface area contributed by atoms with Gasteiger partial charge >= 0.3 is 0 Å². The number of methoxy groups -OCH3 is 1.